The summed E-state index contributed by atoms with van der Waals surface area (Å²) in [4.78, 5) is 0. The van der Waals surface area contributed by atoms with E-state index in [4.69, 9.17) is 11.6 Å². The van der Waals surface area contributed by atoms with Gasteiger partial charge in [-0.3, -0.25) is 4.72 Å². The molecule has 1 saturated heterocycles. The van der Waals surface area contributed by atoms with Gasteiger partial charge < -0.3 is 5.32 Å². The van der Waals surface area contributed by atoms with Crippen molar-refractivity contribution in [1.82, 2.24) is 5.32 Å². The predicted octanol–water partition coefficient (Wildman–Crippen LogP) is 1.97. The molecule has 18 heavy (non-hydrogen) atoms. The quantitative estimate of drug-likeness (QED) is 0.895. The molecule has 1 aromatic carbocycles. The van der Waals surface area contributed by atoms with Gasteiger partial charge >= 0.3 is 0 Å². The van der Waals surface area contributed by atoms with Crippen LogP contribution in [0.3, 0.4) is 0 Å². The summed E-state index contributed by atoms with van der Waals surface area (Å²) in [6.45, 7) is 1.36. The van der Waals surface area contributed by atoms with E-state index in [1.807, 2.05) is 0 Å². The van der Waals surface area contributed by atoms with Crippen LogP contribution in [0, 0.1) is 5.82 Å². The Morgan fingerprint density at radius 2 is 2.00 bits per heavy atom. The lowest BCUT2D eigenvalue weighted by Crippen LogP contribution is -2.38. The molecular formula is C11H14ClFN2O2S. The molecule has 1 heterocycles. The fourth-order valence-corrected chi connectivity index (χ4v) is 3.51. The molecule has 1 fully saturated rings. The number of halogens is 2. The SMILES string of the molecule is O=S(=O)(Nc1ccc(Cl)c(F)c1)C1CCNCC1. The molecule has 0 radical (unpaired) electrons. The predicted molar refractivity (Wildman–Crippen MR) is 69.8 cm³/mol. The van der Waals surface area contributed by atoms with E-state index in [-0.39, 0.29) is 10.7 Å². The Morgan fingerprint density at radius 3 is 2.61 bits per heavy atom. The lowest BCUT2D eigenvalue weighted by atomic mass is 10.2. The topological polar surface area (TPSA) is 58.2 Å². The highest BCUT2D eigenvalue weighted by molar-refractivity contribution is 7.93. The Bertz CT molecular complexity index is 530. The summed E-state index contributed by atoms with van der Waals surface area (Å²) in [6.07, 6.45) is 1.12. The van der Waals surface area contributed by atoms with Crippen molar-refractivity contribution in [2.45, 2.75) is 18.1 Å². The minimum atomic E-state index is -3.47. The van der Waals surface area contributed by atoms with Gasteiger partial charge in [0.25, 0.3) is 0 Å². The molecule has 1 aliphatic heterocycles. The van der Waals surface area contributed by atoms with Gasteiger partial charge in [0, 0.05) is 0 Å². The molecular weight excluding hydrogens is 279 g/mol. The number of hydrogen-bond acceptors (Lipinski definition) is 3. The van der Waals surface area contributed by atoms with Crippen molar-refractivity contribution < 1.29 is 12.8 Å². The summed E-state index contributed by atoms with van der Waals surface area (Å²) in [5.41, 5.74) is 0.204. The highest BCUT2D eigenvalue weighted by Gasteiger charge is 2.27. The lowest BCUT2D eigenvalue weighted by Gasteiger charge is -2.23. The van der Waals surface area contributed by atoms with Crippen molar-refractivity contribution in [3.63, 3.8) is 0 Å². The van der Waals surface area contributed by atoms with Gasteiger partial charge in [-0.05, 0) is 44.1 Å². The van der Waals surface area contributed by atoms with E-state index in [1.54, 1.807) is 0 Å². The van der Waals surface area contributed by atoms with Gasteiger partial charge in [-0.15, -0.1) is 0 Å². The van der Waals surface area contributed by atoms with Crippen molar-refractivity contribution in [2.75, 3.05) is 17.8 Å². The van der Waals surface area contributed by atoms with Crippen LogP contribution in [0.25, 0.3) is 0 Å². The zero-order chi connectivity index (χ0) is 13.2. The molecule has 2 rings (SSSR count). The Balaban J connectivity index is 2.13. The highest BCUT2D eigenvalue weighted by Crippen LogP contribution is 2.22. The number of anilines is 1. The van der Waals surface area contributed by atoms with Gasteiger partial charge in [0.05, 0.1) is 16.0 Å². The van der Waals surface area contributed by atoms with E-state index in [9.17, 15) is 12.8 Å². The first-order valence-electron chi connectivity index (χ1n) is 5.66. The number of benzene rings is 1. The summed E-state index contributed by atoms with van der Waals surface area (Å²) in [7, 11) is -3.47. The lowest BCUT2D eigenvalue weighted by molar-refractivity contribution is 0.499. The van der Waals surface area contributed by atoms with E-state index in [0.29, 0.717) is 25.9 Å². The molecule has 0 spiro atoms. The first-order valence-corrected chi connectivity index (χ1v) is 7.59. The van der Waals surface area contributed by atoms with E-state index in [1.165, 1.54) is 12.1 Å². The zero-order valence-corrected chi connectivity index (χ0v) is 11.2. The van der Waals surface area contributed by atoms with Crippen LogP contribution in [0.5, 0.6) is 0 Å². The third-order valence-corrected chi connectivity index (χ3v) is 5.08. The van der Waals surface area contributed by atoms with Gasteiger partial charge in [-0.2, -0.15) is 0 Å². The van der Waals surface area contributed by atoms with E-state index in [2.05, 4.69) is 10.0 Å². The van der Waals surface area contributed by atoms with Crippen LogP contribution in [0.4, 0.5) is 10.1 Å². The highest BCUT2D eigenvalue weighted by atomic mass is 35.5. The second-order valence-corrected chi connectivity index (χ2v) is 6.59. The summed E-state index contributed by atoms with van der Waals surface area (Å²) in [6, 6.07) is 3.86. The molecule has 0 atom stereocenters. The summed E-state index contributed by atoms with van der Waals surface area (Å²) in [5, 5.41) is 2.64. The van der Waals surface area contributed by atoms with Crippen molar-refractivity contribution in [2.24, 2.45) is 0 Å². The Morgan fingerprint density at radius 1 is 1.33 bits per heavy atom. The maximum Gasteiger partial charge on any atom is 0.235 e. The van der Waals surface area contributed by atoms with Crippen LogP contribution >= 0.6 is 11.6 Å². The molecule has 100 valence electrons. The summed E-state index contributed by atoms with van der Waals surface area (Å²) < 4.78 is 39.7. The van der Waals surface area contributed by atoms with Gasteiger partial charge in [0.15, 0.2) is 0 Å². The average Bonchev–Trinajstić information content (AvgIpc) is 2.35. The fraction of sp³-hybridized carbons (Fsp3) is 0.455. The molecule has 0 aliphatic carbocycles. The average molecular weight is 293 g/mol. The van der Waals surface area contributed by atoms with Crippen molar-refractivity contribution in [3.05, 3.63) is 29.0 Å². The van der Waals surface area contributed by atoms with Crippen LogP contribution in [0.2, 0.25) is 5.02 Å². The first kappa shape index (κ1) is 13.6. The Hall–Kier alpha value is -0.850. The number of hydrogen-bond donors (Lipinski definition) is 2. The zero-order valence-electron chi connectivity index (χ0n) is 9.62. The minimum absolute atomic E-state index is 0.0279. The first-order chi connectivity index (χ1) is 8.49. The van der Waals surface area contributed by atoms with Gasteiger partial charge in [0.2, 0.25) is 10.0 Å². The van der Waals surface area contributed by atoms with Crippen LogP contribution in [-0.2, 0) is 10.0 Å². The monoisotopic (exact) mass is 292 g/mol. The number of sulfonamides is 1. The van der Waals surface area contributed by atoms with Crippen LogP contribution in [-0.4, -0.2) is 26.8 Å². The van der Waals surface area contributed by atoms with Crippen LogP contribution in [0.15, 0.2) is 18.2 Å². The Labute approximate surface area is 111 Å². The smallest absolute Gasteiger partial charge is 0.235 e. The fourth-order valence-electron chi connectivity index (χ4n) is 1.91. The maximum absolute atomic E-state index is 13.2. The van der Waals surface area contributed by atoms with Crippen LogP contribution < -0.4 is 10.0 Å². The van der Waals surface area contributed by atoms with E-state index >= 15 is 0 Å². The third-order valence-electron chi connectivity index (χ3n) is 2.90. The van der Waals surface area contributed by atoms with Crippen molar-refractivity contribution in [1.29, 1.82) is 0 Å². The second kappa shape index (κ2) is 5.42. The maximum atomic E-state index is 13.2. The molecule has 4 nitrogen and oxygen atoms in total. The van der Waals surface area contributed by atoms with E-state index in [0.717, 1.165) is 6.07 Å². The number of nitrogens with one attached hydrogen (secondary N) is 2. The molecule has 0 saturated carbocycles. The summed E-state index contributed by atoms with van der Waals surface area (Å²) >= 11 is 5.54. The molecule has 1 aromatic rings. The molecule has 0 aromatic heterocycles. The van der Waals surface area contributed by atoms with Gasteiger partial charge in [-0.1, -0.05) is 11.6 Å². The number of rotatable bonds is 3. The molecule has 0 unspecified atom stereocenters. The number of piperidine rings is 1. The molecule has 7 heteroatoms. The summed E-state index contributed by atoms with van der Waals surface area (Å²) in [5.74, 6) is -0.637. The second-order valence-electron chi connectivity index (χ2n) is 4.23. The van der Waals surface area contributed by atoms with Gasteiger partial charge in [-0.25, -0.2) is 12.8 Å². The molecule has 2 N–H and O–H groups in total. The standard InChI is InChI=1S/C11H14ClFN2O2S/c12-10-2-1-8(7-11(10)13)15-18(16,17)9-3-5-14-6-4-9/h1-2,7,9,14-15H,3-6H2. The third kappa shape index (κ3) is 3.13. The largest absolute Gasteiger partial charge is 0.317 e. The normalized spacial score (nSPS) is 17.7. The van der Waals surface area contributed by atoms with Crippen LogP contribution in [0.1, 0.15) is 12.8 Å². The Kier molecular flexibility index (Phi) is 4.09. The van der Waals surface area contributed by atoms with E-state index < -0.39 is 21.1 Å². The minimum Gasteiger partial charge on any atom is -0.317 e. The molecule has 0 amide bonds. The van der Waals surface area contributed by atoms with Crippen molar-refractivity contribution >= 4 is 27.3 Å². The van der Waals surface area contributed by atoms with Gasteiger partial charge in [0.1, 0.15) is 5.82 Å². The molecule has 1 aliphatic rings. The van der Waals surface area contributed by atoms with Crippen molar-refractivity contribution in [3.8, 4) is 0 Å². The molecule has 0 bridgehead atoms.